The number of hydrogen-bond acceptors (Lipinski definition) is 5. The molecule has 0 spiro atoms. The minimum Gasteiger partial charge on any atom is -0.353 e. The molecule has 1 amide bonds. The van der Waals surface area contributed by atoms with E-state index in [0.717, 1.165) is 30.7 Å². The third kappa shape index (κ3) is 5.13. The molecule has 0 bridgehead atoms. The van der Waals surface area contributed by atoms with Crippen LogP contribution in [0.25, 0.3) is 0 Å². The van der Waals surface area contributed by atoms with Gasteiger partial charge in [0.25, 0.3) is 5.69 Å². The van der Waals surface area contributed by atoms with Crippen LogP contribution in [0.5, 0.6) is 0 Å². The van der Waals surface area contributed by atoms with Crippen LogP contribution in [-0.2, 0) is 28.4 Å². The Balaban J connectivity index is 1.85. The van der Waals surface area contributed by atoms with Crippen molar-refractivity contribution in [2.75, 3.05) is 6.54 Å². The molecule has 1 aromatic heterocycles. The maximum absolute atomic E-state index is 13.3. The third-order valence-corrected chi connectivity index (χ3v) is 7.69. The maximum Gasteiger partial charge on any atom is 0.269 e. The molecule has 0 saturated heterocycles. The Hall–Kier alpha value is -2.72. The molecule has 0 N–H and O–H groups in total. The summed E-state index contributed by atoms with van der Waals surface area (Å²) in [5.41, 5.74) is 0.793. The number of nitrogens with zero attached hydrogens (tertiary/aromatic N) is 4. The van der Waals surface area contributed by atoms with Gasteiger partial charge in [-0.25, -0.2) is 8.42 Å². The van der Waals surface area contributed by atoms with Crippen molar-refractivity contribution in [1.29, 1.82) is 0 Å². The number of benzene rings is 1. The van der Waals surface area contributed by atoms with Crippen molar-refractivity contribution in [2.45, 2.75) is 56.6 Å². The van der Waals surface area contributed by atoms with Crippen molar-refractivity contribution >= 4 is 21.6 Å². The molecule has 10 heteroatoms. The number of carbonyl (C=O) groups is 1. The van der Waals surface area contributed by atoms with E-state index in [1.807, 2.05) is 36.9 Å². The number of rotatable bonds is 10. The topological polar surface area (TPSA) is 106 Å². The average Bonchev–Trinajstić information content (AvgIpc) is 3.51. The quantitative estimate of drug-likeness (QED) is 0.410. The molecule has 1 aliphatic rings. The minimum atomic E-state index is -4.00. The molecule has 31 heavy (non-hydrogen) atoms. The van der Waals surface area contributed by atoms with Gasteiger partial charge in [-0.05, 0) is 50.5 Å². The van der Waals surface area contributed by atoms with Crippen molar-refractivity contribution in [3.8, 4) is 0 Å². The number of nitro benzene ring substituents is 1. The molecule has 1 unspecified atom stereocenters. The summed E-state index contributed by atoms with van der Waals surface area (Å²) in [4.78, 5) is 25.2. The first-order chi connectivity index (χ1) is 14.6. The first-order valence-corrected chi connectivity index (χ1v) is 11.7. The lowest BCUT2D eigenvalue weighted by Crippen LogP contribution is -2.47. The van der Waals surface area contributed by atoms with Crippen LogP contribution in [0.4, 0.5) is 5.69 Å². The van der Waals surface area contributed by atoms with Gasteiger partial charge in [0.2, 0.25) is 15.9 Å². The Morgan fingerprint density at radius 3 is 2.39 bits per heavy atom. The summed E-state index contributed by atoms with van der Waals surface area (Å²) in [6.45, 7) is 3.78. The minimum absolute atomic E-state index is 0.0633. The second-order valence-corrected chi connectivity index (χ2v) is 9.81. The average molecular weight is 449 g/mol. The highest BCUT2D eigenvalue weighted by Crippen LogP contribution is 2.30. The number of aromatic nitrogens is 1. The highest BCUT2D eigenvalue weighted by Gasteiger charge is 2.37. The van der Waals surface area contributed by atoms with Crippen LogP contribution in [0.1, 0.15) is 38.8 Å². The van der Waals surface area contributed by atoms with Crippen LogP contribution >= 0.6 is 0 Å². The zero-order valence-electron chi connectivity index (χ0n) is 18.0. The number of aryl methyl sites for hydroxylation is 1. The standard InChI is InChI=1S/C21H28N4O5S/c1-4-16(2)24(31(29,30)20-11-9-18(10-12-20)25(27)28)15-21(26)23(17-7-8-17)14-19-6-5-13-22(19)3/h5-6,9-13,16-17H,4,7-8,14-15H2,1-3H3. The van der Waals surface area contributed by atoms with Gasteiger partial charge in [-0.2, -0.15) is 4.31 Å². The number of amides is 1. The van der Waals surface area contributed by atoms with Crippen molar-refractivity contribution in [3.63, 3.8) is 0 Å². The number of hydrogen-bond donors (Lipinski definition) is 0. The van der Waals surface area contributed by atoms with Crippen LogP contribution in [0, 0.1) is 10.1 Å². The molecule has 0 aliphatic heterocycles. The van der Waals surface area contributed by atoms with E-state index in [1.165, 1.54) is 16.4 Å². The Morgan fingerprint density at radius 1 is 1.26 bits per heavy atom. The van der Waals surface area contributed by atoms with E-state index in [2.05, 4.69) is 0 Å². The summed E-state index contributed by atoms with van der Waals surface area (Å²) in [6.07, 6.45) is 4.26. The van der Waals surface area contributed by atoms with E-state index in [-0.39, 0.29) is 29.1 Å². The lowest BCUT2D eigenvalue weighted by Gasteiger charge is -2.30. The van der Waals surface area contributed by atoms with E-state index in [9.17, 15) is 23.3 Å². The molecule has 168 valence electrons. The van der Waals surface area contributed by atoms with Gasteiger partial charge in [0.1, 0.15) is 0 Å². The fourth-order valence-electron chi connectivity index (χ4n) is 3.42. The maximum atomic E-state index is 13.3. The summed E-state index contributed by atoms with van der Waals surface area (Å²) >= 11 is 0. The molecule has 1 aromatic carbocycles. The van der Waals surface area contributed by atoms with Gasteiger partial charge in [0, 0.05) is 43.2 Å². The van der Waals surface area contributed by atoms with Gasteiger partial charge >= 0.3 is 0 Å². The van der Waals surface area contributed by atoms with Gasteiger partial charge < -0.3 is 9.47 Å². The Labute approximate surface area is 182 Å². The summed E-state index contributed by atoms with van der Waals surface area (Å²) in [6, 6.07) is 8.35. The molecule has 1 aliphatic carbocycles. The SMILES string of the molecule is CCC(C)N(CC(=O)N(Cc1cccn1C)C1CC1)S(=O)(=O)c1ccc([N+](=O)[O-])cc1. The number of non-ortho nitro benzene ring substituents is 1. The van der Waals surface area contributed by atoms with Gasteiger partial charge in [-0.15, -0.1) is 0 Å². The molecule has 1 heterocycles. The van der Waals surface area contributed by atoms with Crippen LogP contribution in [-0.4, -0.2) is 51.6 Å². The molecule has 1 saturated carbocycles. The van der Waals surface area contributed by atoms with E-state index < -0.39 is 21.0 Å². The van der Waals surface area contributed by atoms with Gasteiger partial charge in [-0.1, -0.05) is 6.92 Å². The third-order valence-electron chi connectivity index (χ3n) is 5.72. The van der Waals surface area contributed by atoms with Crippen molar-refractivity contribution in [3.05, 3.63) is 58.4 Å². The number of nitro groups is 1. The number of sulfonamides is 1. The van der Waals surface area contributed by atoms with Crippen LogP contribution in [0.3, 0.4) is 0 Å². The van der Waals surface area contributed by atoms with Gasteiger partial charge in [-0.3, -0.25) is 14.9 Å². The first kappa shape index (κ1) is 23.0. The van der Waals surface area contributed by atoms with Crippen molar-refractivity contribution in [2.24, 2.45) is 7.05 Å². The highest BCUT2D eigenvalue weighted by molar-refractivity contribution is 7.89. The lowest BCUT2D eigenvalue weighted by atomic mass is 10.2. The van der Waals surface area contributed by atoms with Crippen LogP contribution in [0.15, 0.2) is 47.5 Å². The predicted molar refractivity (Wildman–Crippen MR) is 116 cm³/mol. The van der Waals surface area contributed by atoms with Crippen molar-refractivity contribution in [1.82, 2.24) is 13.8 Å². The van der Waals surface area contributed by atoms with E-state index in [4.69, 9.17) is 0 Å². The second kappa shape index (κ2) is 9.19. The molecule has 2 aromatic rings. The summed E-state index contributed by atoms with van der Waals surface area (Å²) < 4.78 is 29.8. The summed E-state index contributed by atoms with van der Waals surface area (Å²) in [5, 5.41) is 10.9. The second-order valence-electron chi connectivity index (χ2n) is 7.92. The van der Waals surface area contributed by atoms with Gasteiger partial charge in [0.05, 0.1) is 22.9 Å². The normalized spacial score (nSPS) is 15.1. The highest BCUT2D eigenvalue weighted by atomic mass is 32.2. The zero-order chi connectivity index (χ0) is 22.8. The van der Waals surface area contributed by atoms with Crippen LogP contribution in [0.2, 0.25) is 0 Å². The van der Waals surface area contributed by atoms with Crippen molar-refractivity contribution < 1.29 is 18.1 Å². The predicted octanol–water partition coefficient (Wildman–Crippen LogP) is 2.91. The smallest absolute Gasteiger partial charge is 0.269 e. The van der Waals surface area contributed by atoms with Gasteiger partial charge in [0.15, 0.2) is 0 Å². The monoisotopic (exact) mass is 448 g/mol. The first-order valence-electron chi connectivity index (χ1n) is 10.3. The van der Waals surface area contributed by atoms with E-state index in [1.54, 1.807) is 11.8 Å². The lowest BCUT2D eigenvalue weighted by molar-refractivity contribution is -0.384. The zero-order valence-corrected chi connectivity index (χ0v) is 18.8. The fraction of sp³-hybridized carbons (Fsp3) is 0.476. The molecule has 9 nitrogen and oxygen atoms in total. The molecule has 0 radical (unpaired) electrons. The molecular formula is C21H28N4O5S. The summed E-state index contributed by atoms with van der Waals surface area (Å²) in [5.74, 6) is -0.241. The van der Waals surface area contributed by atoms with E-state index in [0.29, 0.717) is 13.0 Å². The Bertz CT molecular complexity index is 1040. The van der Waals surface area contributed by atoms with E-state index >= 15 is 0 Å². The molecular weight excluding hydrogens is 420 g/mol. The summed E-state index contributed by atoms with van der Waals surface area (Å²) in [7, 11) is -2.09. The van der Waals surface area contributed by atoms with Crippen LogP contribution < -0.4 is 0 Å². The Morgan fingerprint density at radius 2 is 1.90 bits per heavy atom. The largest absolute Gasteiger partial charge is 0.353 e. The number of carbonyl (C=O) groups excluding carboxylic acids is 1. The molecule has 3 rings (SSSR count). The fourth-order valence-corrected chi connectivity index (χ4v) is 5.08. The molecule has 1 atom stereocenters. The Kier molecular flexibility index (Phi) is 6.80. The molecule has 1 fully saturated rings.